The standard InChI is InChI=1S/C17H22N4O5/c1-16(2,3)26-15(23)18-14-19-17(4,10-13(22)20(14)5)11-7-6-8-12(9-11)21(24)25/h6-9H,10H2,1-5H3,(H,18,19,23). The minimum Gasteiger partial charge on any atom is -0.444 e. The SMILES string of the molecule is CN1C(=O)CC(C)(c2cccc([N+](=O)[O-])c2)N=C1NC(=O)OC(C)(C)C. The molecule has 2 rings (SSSR count). The fourth-order valence-electron chi connectivity index (χ4n) is 2.51. The molecule has 9 heteroatoms. The van der Waals surface area contributed by atoms with Crippen LogP contribution in [0.25, 0.3) is 0 Å². The van der Waals surface area contributed by atoms with Gasteiger partial charge >= 0.3 is 6.09 Å². The van der Waals surface area contributed by atoms with E-state index in [1.807, 2.05) is 0 Å². The molecule has 0 spiro atoms. The Kier molecular flexibility index (Phi) is 5.02. The molecule has 9 nitrogen and oxygen atoms in total. The summed E-state index contributed by atoms with van der Waals surface area (Å²) < 4.78 is 5.19. The van der Waals surface area contributed by atoms with Gasteiger partial charge in [-0.15, -0.1) is 0 Å². The van der Waals surface area contributed by atoms with E-state index in [2.05, 4.69) is 10.3 Å². The molecule has 0 radical (unpaired) electrons. The molecule has 0 saturated carbocycles. The summed E-state index contributed by atoms with van der Waals surface area (Å²) in [7, 11) is 1.49. The number of hydrogen-bond donors (Lipinski definition) is 1. The topological polar surface area (TPSA) is 114 Å². The molecule has 0 saturated heterocycles. The summed E-state index contributed by atoms with van der Waals surface area (Å²) in [5.41, 5.74) is -1.32. The number of rotatable bonds is 2. The van der Waals surface area contributed by atoms with Crippen LogP contribution < -0.4 is 5.32 Å². The third kappa shape index (κ3) is 4.35. The van der Waals surface area contributed by atoms with E-state index < -0.39 is 22.2 Å². The first-order valence-corrected chi connectivity index (χ1v) is 8.03. The molecule has 0 fully saturated rings. The van der Waals surface area contributed by atoms with Crippen molar-refractivity contribution in [3.63, 3.8) is 0 Å². The first-order chi connectivity index (χ1) is 11.9. The van der Waals surface area contributed by atoms with Gasteiger partial charge in [-0.05, 0) is 33.3 Å². The number of ether oxygens (including phenoxy) is 1. The number of amides is 2. The lowest BCUT2D eigenvalue weighted by molar-refractivity contribution is -0.385. The van der Waals surface area contributed by atoms with Gasteiger partial charge in [0.2, 0.25) is 11.9 Å². The number of guanidine groups is 1. The van der Waals surface area contributed by atoms with E-state index in [9.17, 15) is 19.7 Å². The highest BCUT2D eigenvalue weighted by Crippen LogP contribution is 2.34. The highest BCUT2D eigenvalue weighted by molar-refractivity contribution is 6.04. The number of nitro groups is 1. The minimum atomic E-state index is -1.04. The number of alkyl carbamates (subject to hydrolysis) is 1. The van der Waals surface area contributed by atoms with Crippen LogP contribution in [-0.2, 0) is 15.1 Å². The molecule has 1 N–H and O–H groups in total. The van der Waals surface area contributed by atoms with Crippen LogP contribution >= 0.6 is 0 Å². The Hall–Kier alpha value is -2.97. The zero-order chi connectivity index (χ0) is 19.7. The number of nitrogens with zero attached hydrogens (tertiary/aromatic N) is 3. The van der Waals surface area contributed by atoms with Crippen molar-refractivity contribution in [3.8, 4) is 0 Å². The number of carbonyl (C=O) groups is 2. The molecule has 1 aliphatic heterocycles. The van der Waals surface area contributed by atoms with Gasteiger partial charge in [-0.1, -0.05) is 12.1 Å². The molecular weight excluding hydrogens is 340 g/mol. The molecule has 1 aromatic carbocycles. The lowest BCUT2D eigenvalue weighted by atomic mass is 9.87. The van der Waals surface area contributed by atoms with E-state index >= 15 is 0 Å². The maximum absolute atomic E-state index is 12.4. The van der Waals surface area contributed by atoms with Crippen LogP contribution in [0.5, 0.6) is 0 Å². The fourth-order valence-corrected chi connectivity index (χ4v) is 2.51. The first kappa shape index (κ1) is 19.4. The average molecular weight is 362 g/mol. The molecule has 140 valence electrons. The summed E-state index contributed by atoms with van der Waals surface area (Å²) in [6, 6.07) is 5.96. The fraction of sp³-hybridized carbons (Fsp3) is 0.471. The van der Waals surface area contributed by atoms with Crippen molar-refractivity contribution in [3.05, 3.63) is 39.9 Å². The zero-order valence-electron chi connectivity index (χ0n) is 15.4. The number of nitrogens with one attached hydrogen (secondary N) is 1. The summed E-state index contributed by atoms with van der Waals surface area (Å²) in [5.74, 6) is -0.246. The van der Waals surface area contributed by atoms with Gasteiger partial charge in [0, 0.05) is 19.2 Å². The van der Waals surface area contributed by atoms with E-state index in [0.717, 1.165) is 0 Å². The van der Waals surface area contributed by atoms with E-state index in [1.54, 1.807) is 33.8 Å². The quantitative estimate of drug-likeness (QED) is 0.641. The second-order valence-corrected chi connectivity index (χ2v) is 7.27. The van der Waals surface area contributed by atoms with Crippen LogP contribution in [0.3, 0.4) is 0 Å². The number of non-ortho nitro benzene ring substituents is 1. The number of hydrogen-bond acceptors (Lipinski definition) is 6. The van der Waals surface area contributed by atoms with Crippen molar-refractivity contribution in [2.45, 2.75) is 45.3 Å². The van der Waals surface area contributed by atoms with Gasteiger partial charge in [0.1, 0.15) is 5.60 Å². The molecule has 2 amide bonds. The molecule has 1 aromatic rings. The molecule has 0 aromatic heterocycles. The van der Waals surface area contributed by atoms with Gasteiger partial charge in [0.05, 0.1) is 16.9 Å². The normalized spacial score (nSPS) is 20.4. The van der Waals surface area contributed by atoms with E-state index in [0.29, 0.717) is 5.56 Å². The third-order valence-electron chi connectivity index (χ3n) is 3.83. The largest absolute Gasteiger partial charge is 0.444 e. The van der Waals surface area contributed by atoms with Crippen LogP contribution in [0.15, 0.2) is 29.3 Å². The number of carbonyl (C=O) groups excluding carboxylic acids is 2. The Morgan fingerprint density at radius 2 is 2.08 bits per heavy atom. The third-order valence-corrected chi connectivity index (χ3v) is 3.83. The second-order valence-electron chi connectivity index (χ2n) is 7.27. The van der Waals surface area contributed by atoms with Crippen molar-refractivity contribution in [1.82, 2.24) is 10.2 Å². The van der Waals surface area contributed by atoms with Crippen molar-refractivity contribution in [2.75, 3.05) is 7.05 Å². The van der Waals surface area contributed by atoms with Crippen LogP contribution in [0, 0.1) is 10.1 Å². The molecule has 1 aliphatic rings. The number of aliphatic imine (C=N–C) groups is 1. The summed E-state index contributed by atoms with van der Waals surface area (Å²) >= 11 is 0. The molecular formula is C17H22N4O5. The molecule has 0 bridgehead atoms. The molecule has 26 heavy (non-hydrogen) atoms. The Labute approximate surface area is 151 Å². The summed E-state index contributed by atoms with van der Waals surface area (Å²) in [6.45, 7) is 6.85. The van der Waals surface area contributed by atoms with Crippen molar-refractivity contribution < 1.29 is 19.2 Å². The Bertz CT molecular complexity index is 784. The second kappa shape index (κ2) is 6.74. The number of nitro benzene ring substituents is 1. The number of benzene rings is 1. The monoisotopic (exact) mass is 362 g/mol. The van der Waals surface area contributed by atoms with E-state index in [1.165, 1.54) is 30.1 Å². The molecule has 1 unspecified atom stereocenters. The van der Waals surface area contributed by atoms with Crippen molar-refractivity contribution in [2.24, 2.45) is 4.99 Å². The Morgan fingerprint density at radius 1 is 1.42 bits per heavy atom. The van der Waals surface area contributed by atoms with Crippen molar-refractivity contribution >= 4 is 23.6 Å². The van der Waals surface area contributed by atoms with Crippen LogP contribution in [0.1, 0.15) is 39.7 Å². The summed E-state index contributed by atoms with van der Waals surface area (Å²) in [5, 5.41) is 13.5. The van der Waals surface area contributed by atoms with E-state index in [4.69, 9.17) is 4.74 Å². The summed E-state index contributed by atoms with van der Waals surface area (Å²) in [6.07, 6.45) is -0.719. The maximum atomic E-state index is 12.4. The maximum Gasteiger partial charge on any atom is 0.414 e. The van der Waals surface area contributed by atoms with Gasteiger partial charge in [-0.2, -0.15) is 0 Å². The van der Waals surface area contributed by atoms with Gasteiger partial charge in [-0.25, -0.2) is 9.79 Å². The van der Waals surface area contributed by atoms with Crippen LogP contribution in [0.4, 0.5) is 10.5 Å². The Morgan fingerprint density at radius 3 is 2.65 bits per heavy atom. The summed E-state index contributed by atoms with van der Waals surface area (Å²) in [4.78, 5) is 40.6. The van der Waals surface area contributed by atoms with Crippen LogP contribution in [0.2, 0.25) is 0 Å². The Balaban J connectivity index is 2.38. The molecule has 1 atom stereocenters. The predicted octanol–water partition coefficient (Wildman–Crippen LogP) is 2.55. The van der Waals surface area contributed by atoms with Gasteiger partial charge in [0.25, 0.3) is 5.69 Å². The zero-order valence-corrected chi connectivity index (χ0v) is 15.4. The van der Waals surface area contributed by atoms with Gasteiger partial charge in [0.15, 0.2) is 0 Å². The molecule has 1 heterocycles. The lowest BCUT2D eigenvalue weighted by Gasteiger charge is -2.35. The predicted molar refractivity (Wildman–Crippen MR) is 94.6 cm³/mol. The smallest absolute Gasteiger partial charge is 0.414 e. The van der Waals surface area contributed by atoms with Gasteiger partial charge < -0.3 is 4.74 Å². The first-order valence-electron chi connectivity index (χ1n) is 8.03. The highest BCUT2D eigenvalue weighted by atomic mass is 16.6. The highest BCUT2D eigenvalue weighted by Gasteiger charge is 2.38. The molecule has 0 aliphatic carbocycles. The van der Waals surface area contributed by atoms with Crippen molar-refractivity contribution in [1.29, 1.82) is 0 Å². The van der Waals surface area contributed by atoms with Crippen LogP contribution in [-0.4, -0.2) is 40.4 Å². The minimum absolute atomic E-state index is 0.0180. The van der Waals surface area contributed by atoms with E-state index in [-0.39, 0.29) is 24.0 Å². The lowest BCUT2D eigenvalue weighted by Crippen LogP contribution is -2.52. The average Bonchev–Trinajstić information content (AvgIpc) is 2.50. The van der Waals surface area contributed by atoms with Gasteiger partial charge in [-0.3, -0.25) is 25.1 Å².